The van der Waals surface area contributed by atoms with Crippen molar-refractivity contribution in [2.45, 2.75) is 31.8 Å². The average Bonchev–Trinajstić information content (AvgIpc) is 3.13. The largest absolute Gasteiger partial charge is 0.491 e. The molecule has 2 aromatic heterocycles. The topological polar surface area (TPSA) is 34.1 Å². The van der Waals surface area contributed by atoms with Gasteiger partial charge >= 0.3 is 0 Å². The van der Waals surface area contributed by atoms with Crippen LogP contribution in [0.15, 0.2) is 36.0 Å². The van der Waals surface area contributed by atoms with Crippen LogP contribution in [0.1, 0.15) is 23.3 Å². The molecule has 3 nitrogen and oxygen atoms in total. The number of aromatic nitrogens is 1. The fraction of sp³-hybridized carbons (Fsp3) is 0.400. The van der Waals surface area contributed by atoms with E-state index in [-0.39, 0.29) is 0 Å². The van der Waals surface area contributed by atoms with Crippen LogP contribution in [-0.2, 0) is 13.0 Å². The summed E-state index contributed by atoms with van der Waals surface area (Å²) in [5.41, 5.74) is 1.20. The van der Waals surface area contributed by atoms with Gasteiger partial charge in [0.1, 0.15) is 5.75 Å². The van der Waals surface area contributed by atoms with E-state index in [1.54, 1.807) is 11.3 Å². The highest BCUT2D eigenvalue weighted by Gasteiger charge is 2.20. The van der Waals surface area contributed by atoms with E-state index in [9.17, 15) is 0 Å². The molecule has 1 aliphatic carbocycles. The lowest BCUT2D eigenvalue weighted by molar-refractivity contribution is 0.317. The summed E-state index contributed by atoms with van der Waals surface area (Å²) in [7, 11) is 0. The van der Waals surface area contributed by atoms with Gasteiger partial charge < -0.3 is 10.1 Å². The van der Waals surface area contributed by atoms with Crippen LogP contribution >= 0.6 is 11.3 Å². The summed E-state index contributed by atoms with van der Waals surface area (Å²) >= 11 is 1.78. The molecule has 0 unspecified atom stereocenters. The van der Waals surface area contributed by atoms with Gasteiger partial charge in [0.15, 0.2) is 0 Å². The SMILES string of the molecule is c1csc(CCOc2cnccc2CNC2CC2)c1. The van der Waals surface area contributed by atoms with Crippen molar-refractivity contribution < 1.29 is 4.74 Å². The lowest BCUT2D eigenvalue weighted by Crippen LogP contribution is -2.16. The van der Waals surface area contributed by atoms with Gasteiger partial charge in [-0.05, 0) is 30.4 Å². The number of rotatable bonds is 7. The molecule has 0 amide bonds. The highest BCUT2D eigenvalue weighted by Crippen LogP contribution is 2.22. The minimum Gasteiger partial charge on any atom is -0.491 e. The second-order valence-corrected chi connectivity index (χ2v) is 5.85. The van der Waals surface area contributed by atoms with E-state index in [0.29, 0.717) is 12.6 Å². The van der Waals surface area contributed by atoms with Crippen molar-refractivity contribution in [2.24, 2.45) is 0 Å². The van der Waals surface area contributed by atoms with Crippen molar-refractivity contribution >= 4 is 11.3 Å². The Labute approximate surface area is 117 Å². The van der Waals surface area contributed by atoms with Gasteiger partial charge in [0.25, 0.3) is 0 Å². The van der Waals surface area contributed by atoms with E-state index in [2.05, 4.69) is 27.8 Å². The van der Waals surface area contributed by atoms with Crippen molar-refractivity contribution in [1.29, 1.82) is 0 Å². The van der Waals surface area contributed by atoms with Gasteiger partial charge in [-0.3, -0.25) is 4.98 Å². The number of hydrogen-bond acceptors (Lipinski definition) is 4. The Morgan fingerprint density at radius 2 is 2.32 bits per heavy atom. The fourth-order valence-corrected chi connectivity index (χ4v) is 2.63. The van der Waals surface area contributed by atoms with Crippen molar-refractivity contribution in [2.75, 3.05) is 6.61 Å². The molecule has 0 radical (unpaired) electrons. The fourth-order valence-electron chi connectivity index (χ4n) is 1.94. The van der Waals surface area contributed by atoms with E-state index in [1.165, 1.54) is 23.3 Å². The van der Waals surface area contributed by atoms with Crippen LogP contribution in [0.2, 0.25) is 0 Å². The van der Waals surface area contributed by atoms with Gasteiger partial charge in [0, 0.05) is 35.6 Å². The van der Waals surface area contributed by atoms with Gasteiger partial charge in [-0.2, -0.15) is 0 Å². The molecule has 1 fully saturated rings. The molecule has 4 heteroatoms. The average molecular weight is 274 g/mol. The molecule has 1 saturated carbocycles. The lowest BCUT2D eigenvalue weighted by atomic mass is 10.2. The van der Waals surface area contributed by atoms with Crippen LogP contribution in [-0.4, -0.2) is 17.6 Å². The van der Waals surface area contributed by atoms with Crippen molar-refractivity contribution in [3.05, 3.63) is 46.4 Å². The van der Waals surface area contributed by atoms with Gasteiger partial charge in [0.2, 0.25) is 0 Å². The Bertz CT molecular complexity index is 509. The molecule has 0 aromatic carbocycles. The monoisotopic (exact) mass is 274 g/mol. The van der Waals surface area contributed by atoms with Gasteiger partial charge in [0.05, 0.1) is 12.8 Å². The van der Waals surface area contributed by atoms with Crippen LogP contribution in [0, 0.1) is 0 Å². The summed E-state index contributed by atoms with van der Waals surface area (Å²) in [6.07, 6.45) is 7.22. The van der Waals surface area contributed by atoms with Crippen LogP contribution in [0.4, 0.5) is 0 Å². The van der Waals surface area contributed by atoms with E-state index < -0.39 is 0 Å². The molecule has 1 aliphatic rings. The zero-order chi connectivity index (χ0) is 12.9. The highest BCUT2D eigenvalue weighted by atomic mass is 32.1. The number of ether oxygens (including phenoxy) is 1. The molecule has 0 saturated heterocycles. The second-order valence-electron chi connectivity index (χ2n) is 4.82. The molecule has 1 N–H and O–H groups in total. The quantitative estimate of drug-likeness (QED) is 0.842. The Kier molecular flexibility index (Phi) is 4.10. The van der Waals surface area contributed by atoms with E-state index >= 15 is 0 Å². The van der Waals surface area contributed by atoms with Crippen LogP contribution < -0.4 is 10.1 Å². The summed E-state index contributed by atoms with van der Waals surface area (Å²) in [5.74, 6) is 0.909. The molecule has 0 bridgehead atoms. The summed E-state index contributed by atoms with van der Waals surface area (Å²) in [6, 6.07) is 6.98. The first-order valence-corrected chi connectivity index (χ1v) is 7.61. The highest BCUT2D eigenvalue weighted by molar-refractivity contribution is 7.09. The minimum atomic E-state index is 0.711. The van der Waals surface area contributed by atoms with Crippen molar-refractivity contribution in [3.63, 3.8) is 0 Å². The van der Waals surface area contributed by atoms with Crippen LogP contribution in [0.5, 0.6) is 5.75 Å². The third-order valence-corrected chi connectivity index (χ3v) is 4.15. The zero-order valence-electron chi connectivity index (χ0n) is 10.8. The predicted molar refractivity (Wildman–Crippen MR) is 77.6 cm³/mol. The molecule has 0 aliphatic heterocycles. The van der Waals surface area contributed by atoms with Crippen molar-refractivity contribution in [1.82, 2.24) is 10.3 Å². The summed E-state index contributed by atoms with van der Waals surface area (Å²) in [4.78, 5) is 5.52. The number of nitrogens with zero attached hydrogens (tertiary/aromatic N) is 1. The predicted octanol–water partition coefficient (Wildman–Crippen LogP) is 3.02. The first-order valence-electron chi connectivity index (χ1n) is 6.73. The maximum absolute atomic E-state index is 5.87. The molecule has 2 heterocycles. The van der Waals surface area contributed by atoms with Crippen molar-refractivity contribution in [3.8, 4) is 5.75 Å². The smallest absolute Gasteiger partial charge is 0.142 e. The van der Waals surface area contributed by atoms with E-state index in [4.69, 9.17) is 4.74 Å². The Morgan fingerprint density at radius 3 is 3.11 bits per heavy atom. The van der Waals surface area contributed by atoms with Gasteiger partial charge in [-0.1, -0.05) is 6.07 Å². The zero-order valence-corrected chi connectivity index (χ0v) is 11.7. The molecular weight excluding hydrogens is 256 g/mol. The number of hydrogen-bond donors (Lipinski definition) is 1. The first-order chi connectivity index (χ1) is 9.42. The van der Waals surface area contributed by atoms with Crippen LogP contribution in [0.3, 0.4) is 0 Å². The minimum absolute atomic E-state index is 0.711. The maximum atomic E-state index is 5.87. The standard InChI is InChI=1S/C15H18N2OS/c1-2-14(19-9-1)6-8-18-15-11-16-7-5-12(15)10-17-13-3-4-13/h1-2,5,7,9,11,13,17H,3-4,6,8,10H2. The summed E-state index contributed by atoms with van der Waals surface area (Å²) in [5, 5.41) is 5.61. The Balaban J connectivity index is 1.53. The summed E-state index contributed by atoms with van der Waals surface area (Å²) < 4.78 is 5.87. The lowest BCUT2D eigenvalue weighted by Gasteiger charge is -2.11. The van der Waals surface area contributed by atoms with Gasteiger partial charge in [-0.25, -0.2) is 0 Å². The summed E-state index contributed by atoms with van der Waals surface area (Å²) in [6.45, 7) is 1.59. The molecule has 100 valence electrons. The van der Waals surface area contributed by atoms with E-state index in [1.807, 2.05) is 18.5 Å². The number of nitrogens with one attached hydrogen (secondary N) is 1. The van der Waals surface area contributed by atoms with Gasteiger partial charge in [-0.15, -0.1) is 11.3 Å². The molecule has 3 rings (SSSR count). The molecular formula is C15H18N2OS. The van der Waals surface area contributed by atoms with E-state index in [0.717, 1.165) is 18.7 Å². The normalized spacial score (nSPS) is 14.5. The molecule has 0 atom stereocenters. The van der Waals surface area contributed by atoms with Crippen LogP contribution in [0.25, 0.3) is 0 Å². The third kappa shape index (κ3) is 3.78. The Hall–Kier alpha value is -1.39. The number of thiophene rings is 1. The maximum Gasteiger partial charge on any atom is 0.142 e. The number of pyridine rings is 1. The molecule has 19 heavy (non-hydrogen) atoms. The second kappa shape index (κ2) is 6.17. The Morgan fingerprint density at radius 1 is 1.37 bits per heavy atom. The molecule has 0 spiro atoms. The molecule has 2 aromatic rings. The third-order valence-electron chi connectivity index (χ3n) is 3.21. The first kappa shape index (κ1) is 12.6.